The molecule has 108 valence electrons. The Morgan fingerprint density at radius 2 is 2.05 bits per heavy atom. The molecule has 1 aromatic rings. The van der Waals surface area contributed by atoms with Crippen molar-refractivity contribution in [3.05, 3.63) is 20.8 Å². The van der Waals surface area contributed by atoms with Crippen LogP contribution in [-0.2, 0) is 11.2 Å². The number of hydrogen-bond acceptors (Lipinski definition) is 3. The Morgan fingerprint density at radius 1 is 1.37 bits per heavy atom. The molecule has 0 aromatic carbocycles. The van der Waals surface area contributed by atoms with E-state index in [1.807, 2.05) is 0 Å². The Morgan fingerprint density at radius 3 is 2.58 bits per heavy atom. The van der Waals surface area contributed by atoms with Gasteiger partial charge in [-0.1, -0.05) is 25.7 Å². The highest BCUT2D eigenvalue weighted by molar-refractivity contribution is 9.10. The Balaban J connectivity index is 2.10. The van der Waals surface area contributed by atoms with E-state index in [-0.39, 0.29) is 11.6 Å². The van der Waals surface area contributed by atoms with Crippen LogP contribution in [0.2, 0.25) is 0 Å². The molecule has 1 saturated carbocycles. The van der Waals surface area contributed by atoms with Gasteiger partial charge in [0.1, 0.15) is 0 Å². The molecule has 0 radical (unpaired) electrons. The van der Waals surface area contributed by atoms with Gasteiger partial charge in [-0.3, -0.25) is 0 Å². The zero-order valence-corrected chi connectivity index (χ0v) is 14.1. The smallest absolute Gasteiger partial charge is 0.0836 e. The number of nitrogens with two attached hydrogens (primary N) is 1. The van der Waals surface area contributed by atoms with Gasteiger partial charge in [-0.05, 0) is 47.1 Å². The fourth-order valence-corrected chi connectivity index (χ4v) is 4.67. The zero-order chi connectivity index (χ0) is 13.7. The summed E-state index contributed by atoms with van der Waals surface area (Å²) in [4.78, 5) is 1.34. The summed E-state index contributed by atoms with van der Waals surface area (Å²) in [5.74, 6) is 0. The molecule has 2 nitrogen and oxygen atoms in total. The monoisotopic (exact) mass is 345 g/mol. The second kappa shape index (κ2) is 7.21. The molecule has 0 amide bonds. The van der Waals surface area contributed by atoms with E-state index in [4.69, 9.17) is 10.5 Å². The highest BCUT2D eigenvalue weighted by Gasteiger charge is 2.38. The molecular weight excluding hydrogens is 322 g/mol. The summed E-state index contributed by atoms with van der Waals surface area (Å²) in [6.07, 6.45) is 8.29. The summed E-state index contributed by atoms with van der Waals surface area (Å²) in [5, 5.41) is 2.12. The van der Waals surface area contributed by atoms with E-state index in [0.29, 0.717) is 0 Å². The molecular formula is C15H24BrNOS. The van der Waals surface area contributed by atoms with Crippen molar-refractivity contribution in [2.45, 2.75) is 63.5 Å². The molecule has 1 atom stereocenters. The minimum absolute atomic E-state index is 0.0977. The maximum atomic E-state index is 6.56. The van der Waals surface area contributed by atoms with Gasteiger partial charge >= 0.3 is 0 Å². The highest BCUT2D eigenvalue weighted by atomic mass is 79.9. The van der Waals surface area contributed by atoms with E-state index in [2.05, 4.69) is 34.3 Å². The molecule has 2 N–H and O–H groups in total. The Bertz CT molecular complexity index is 385. The van der Waals surface area contributed by atoms with Crippen molar-refractivity contribution in [2.24, 2.45) is 5.73 Å². The predicted molar refractivity (Wildman–Crippen MR) is 85.8 cm³/mol. The fourth-order valence-electron chi connectivity index (χ4n) is 3.09. The first kappa shape index (κ1) is 15.5. The van der Waals surface area contributed by atoms with Gasteiger partial charge < -0.3 is 10.5 Å². The summed E-state index contributed by atoms with van der Waals surface area (Å²) < 4.78 is 7.35. The maximum Gasteiger partial charge on any atom is 0.0836 e. The predicted octanol–water partition coefficient (Wildman–Crippen LogP) is 4.51. The molecule has 1 fully saturated rings. The van der Waals surface area contributed by atoms with E-state index in [1.54, 1.807) is 11.3 Å². The fraction of sp³-hybridized carbons (Fsp3) is 0.733. The lowest BCUT2D eigenvalue weighted by atomic mass is 9.84. The third-order valence-corrected chi connectivity index (χ3v) is 6.10. The summed E-state index contributed by atoms with van der Waals surface area (Å²) >= 11 is 5.39. The lowest BCUT2D eigenvalue weighted by molar-refractivity contribution is -0.0682. The third kappa shape index (κ3) is 3.81. The molecule has 4 heteroatoms. The van der Waals surface area contributed by atoms with Crippen molar-refractivity contribution >= 4 is 27.3 Å². The molecule has 1 aromatic heterocycles. The third-order valence-electron chi connectivity index (χ3n) is 4.15. The topological polar surface area (TPSA) is 35.2 Å². The molecule has 1 heterocycles. The maximum absolute atomic E-state index is 6.56. The summed E-state index contributed by atoms with van der Waals surface area (Å²) in [6, 6.07) is 2.20. The average Bonchev–Trinajstić information content (AvgIpc) is 2.66. The van der Waals surface area contributed by atoms with Crippen molar-refractivity contribution < 1.29 is 4.74 Å². The lowest BCUT2D eigenvalue weighted by Crippen LogP contribution is -2.51. The van der Waals surface area contributed by atoms with Crippen LogP contribution >= 0.6 is 27.3 Å². The second-order valence-electron chi connectivity index (χ2n) is 5.41. The minimum Gasteiger partial charge on any atom is -0.374 e. The van der Waals surface area contributed by atoms with Crippen molar-refractivity contribution in [1.29, 1.82) is 0 Å². The molecule has 2 rings (SSSR count). The van der Waals surface area contributed by atoms with E-state index >= 15 is 0 Å². The van der Waals surface area contributed by atoms with Crippen LogP contribution in [0.4, 0.5) is 0 Å². The normalized spacial score (nSPS) is 21.0. The number of hydrogen-bond donors (Lipinski definition) is 1. The Kier molecular flexibility index (Phi) is 5.87. The van der Waals surface area contributed by atoms with Crippen LogP contribution in [0, 0.1) is 0 Å². The minimum atomic E-state index is -0.102. The first-order chi connectivity index (χ1) is 9.18. The highest BCUT2D eigenvalue weighted by Crippen LogP contribution is 2.35. The summed E-state index contributed by atoms with van der Waals surface area (Å²) in [6.45, 7) is 2.85. The van der Waals surface area contributed by atoms with Gasteiger partial charge in [-0.25, -0.2) is 0 Å². The number of rotatable bonds is 5. The van der Waals surface area contributed by atoms with Crippen LogP contribution in [-0.4, -0.2) is 18.2 Å². The van der Waals surface area contributed by atoms with Gasteiger partial charge in [0.2, 0.25) is 0 Å². The van der Waals surface area contributed by atoms with Crippen LogP contribution in [0.5, 0.6) is 0 Å². The van der Waals surface area contributed by atoms with Crippen molar-refractivity contribution in [1.82, 2.24) is 0 Å². The van der Waals surface area contributed by atoms with Crippen LogP contribution in [0.25, 0.3) is 0 Å². The van der Waals surface area contributed by atoms with Gasteiger partial charge in [-0.15, -0.1) is 11.3 Å². The van der Waals surface area contributed by atoms with E-state index < -0.39 is 0 Å². The first-order valence-corrected chi connectivity index (χ1v) is 8.96. The number of ether oxygens (including phenoxy) is 1. The quantitative estimate of drug-likeness (QED) is 0.796. The number of thiophene rings is 1. The lowest BCUT2D eigenvalue weighted by Gasteiger charge is -2.38. The van der Waals surface area contributed by atoms with Crippen molar-refractivity contribution in [3.63, 3.8) is 0 Å². The molecule has 19 heavy (non-hydrogen) atoms. The van der Waals surface area contributed by atoms with Crippen LogP contribution in [0.1, 0.15) is 50.3 Å². The first-order valence-electron chi connectivity index (χ1n) is 7.29. The van der Waals surface area contributed by atoms with E-state index in [0.717, 1.165) is 25.9 Å². The Hall–Kier alpha value is 0.100. The van der Waals surface area contributed by atoms with E-state index in [9.17, 15) is 0 Å². The molecule has 0 spiro atoms. The van der Waals surface area contributed by atoms with Gasteiger partial charge in [0, 0.05) is 28.4 Å². The zero-order valence-electron chi connectivity index (χ0n) is 11.7. The largest absolute Gasteiger partial charge is 0.374 e. The molecule has 0 aliphatic heterocycles. The van der Waals surface area contributed by atoms with Crippen LogP contribution in [0.15, 0.2) is 15.9 Å². The SMILES string of the molecule is CCOC1(C(N)Cc2sccc2Br)CCCCCC1. The molecule has 0 saturated heterocycles. The second-order valence-corrected chi connectivity index (χ2v) is 7.27. The Labute approximate surface area is 128 Å². The average molecular weight is 346 g/mol. The molecule has 1 aliphatic carbocycles. The summed E-state index contributed by atoms with van der Waals surface area (Å²) in [7, 11) is 0. The van der Waals surface area contributed by atoms with Crippen molar-refractivity contribution in [2.75, 3.05) is 6.61 Å². The van der Waals surface area contributed by atoms with Crippen LogP contribution < -0.4 is 5.73 Å². The van der Waals surface area contributed by atoms with Crippen molar-refractivity contribution in [3.8, 4) is 0 Å². The van der Waals surface area contributed by atoms with E-state index in [1.165, 1.54) is 35.0 Å². The standard InChI is InChI=1S/C15H24BrNOS/c1-2-18-15(8-5-3-4-6-9-15)14(17)11-13-12(16)7-10-19-13/h7,10,14H,2-6,8-9,11,17H2,1H3. The van der Waals surface area contributed by atoms with Crippen LogP contribution in [0.3, 0.4) is 0 Å². The molecule has 1 unspecified atom stereocenters. The van der Waals surface area contributed by atoms with Gasteiger partial charge in [-0.2, -0.15) is 0 Å². The molecule has 1 aliphatic rings. The van der Waals surface area contributed by atoms with Gasteiger partial charge in [0.05, 0.1) is 5.60 Å². The van der Waals surface area contributed by atoms with Gasteiger partial charge in [0.25, 0.3) is 0 Å². The molecule has 0 bridgehead atoms. The van der Waals surface area contributed by atoms with Gasteiger partial charge in [0.15, 0.2) is 0 Å². The number of halogens is 1. The summed E-state index contributed by atoms with van der Waals surface area (Å²) in [5.41, 5.74) is 6.46.